The van der Waals surface area contributed by atoms with E-state index in [-0.39, 0.29) is 12.5 Å². The standard InChI is InChI=1S/C22H26FN3O9/c1-11(2)15(24-22(32)34-9-12-6-4-3-5-7-12)20(30)33-10-14-16(27)17(28)19(35-14)26-8-13(23)18(29)25-21(26)31/h3-8,11,14-17,19,27-28H,9-10H2,1-2H3,(H,24,32)(H,25,29,31)/t14-,15+,16-,17-,19-/m1/s1. The molecule has 3 rings (SSSR count). The van der Waals surface area contributed by atoms with Gasteiger partial charge in [0.05, 0.1) is 6.20 Å². The van der Waals surface area contributed by atoms with Crippen LogP contribution in [0, 0.1) is 11.7 Å². The van der Waals surface area contributed by atoms with Crippen molar-refractivity contribution in [2.45, 2.75) is 51.0 Å². The first-order chi connectivity index (χ1) is 16.6. The molecular formula is C22H26FN3O9. The number of carbonyl (C=O) groups excluding carboxylic acids is 2. The average molecular weight is 495 g/mol. The number of alkyl carbamates (subject to hydrolysis) is 1. The van der Waals surface area contributed by atoms with E-state index in [1.54, 1.807) is 43.1 Å². The molecule has 1 aliphatic heterocycles. The number of halogens is 1. The van der Waals surface area contributed by atoms with Crippen molar-refractivity contribution < 1.29 is 38.4 Å². The summed E-state index contributed by atoms with van der Waals surface area (Å²) in [6, 6.07) is 7.84. The minimum absolute atomic E-state index is 0.00135. The second kappa shape index (κ2) is 11.3. The smallest absolute Gasteiger partial charge is 0.408 e. The normalized spacial score (nSPS) is 22.6. The molecule has 0 bridgehead atoms. The van der Waals surface area contributed by atoms with Gasteiger partial charge in [-0.2, -0.15) is 4.39 Å². The summed E-state index contributed by atoms with van der Waals surface area (Å²) in [6.45, 7) is 2.79. The van der Waals surface area contributed by atoms with Crippen molar-refractivity contribution in [3.8, 4) is 0 Å². The topological polar surface area (TPSA) is 169 Å². The molecule has 1 saturated heterocycles. The number of rotatable bonds is 8. The van der Waals surface area contributed by atoms with Crippen LogP contribution in [0.25, 0.3) is 0 Å². The molecule has 1 aliphatic rings. The monoisotopic (exact) mass is 495 g/mol. The zero-order valence-electron chi connectivity index (χ0n) is 18.9. The summed E-state index contributed by atoms with van der Waals surface area (Å²) in [5, 5.41) is 22.9. The molecule has 0 saturated carbocycles. The molecule has 2 aromatic rings. The van der Waals surface area contributed by atoms with E-state index in [1.165, 1.54) is 0 Å². The zero-order valence-corrected chi connectivity index (χ0v) is 18.9. The van der Waals surface area contributed by atoms with Crippen LogP contribution in [0.5, 0.6) is 0 Å². The molecule has 0 spiro atoms. The summed E-state index contributed by atoms with van der Waals surface area (Å²) in [6.07, 6.45) is -6.41. The van der Waals surface area contributed by atoms with Gasteiger partial charge in [0.1, 0.15) is 37.6 Å². The molecule has 4 N–H and O–H groups in total. The van der Waals surface area contributed by atoms with Gasteiger partial charge in [-0.3, -0.25) is 14.3 Å². The fraction of sp³-hybridized carbons (Fsp3) is 0.455. The van der Waals surface area contributed by atoms with Crippen LogP contribution in [0.15, 0.2) is 46.1 Å². The van der Waals surface area contributed by atoms with Crippen LogP contribution in [0.2, 0.25) is 0 Å². The van der Waals surface area contributed by atoms with E-state index in [1.807, 2.05) is 6.07 Å². The highest BCUT2D eigenvalue weighted by Gasteiger charge is 2.45. The van der Waals surface area contributed by atoms with E-state index >= 15 is 0 Å². The lowest BCUT2D eigenvalue weighted by Crippen LogP contribution is -2.46. The molecule has 5 atom stereocenters. The van der Waals surface area contributed by atoms with Crippen LogP contribution < -0.4 is 16.6 Å². The Bertz CT molecular complexity index is 1150. The van der Waals surface area contributed by atoms with Crippen LogP contribution in [0.4, 0.5) is 9.18 Å². The minimum Gasteiger partial charge on any atom is -0.461 e. The number of hydrogen-bond acceptors (Lipinski definition) is 9. The first-order valence-corrected chi connectivity index (χ1v) is 10.7. The maximum Gasteiger partial charge on any atom is 0.408 e. The fourth-order valence-electron chi connectivity index (χ4n) is 3.39. The number of aliphatic hydroxyl groups is 2. The van der Waals surface area contributed by atoms with E-state index in [2.05, 4.69) is 5.32 Å². The lowest BCUT2D eigenvalue weighted by atomic mass is 10.1. The van der Waals surface area contributed by atoms with E-state index in [4.69, 9.17) is 14.2 Å². The third-order valence-electron chi connectivity index (χ3n) is 5.33. The molecule has 0 radical (unpaired) electrons. The van der Waals surface area contributed by atoms with Crippen LogP contribution >= 0.6 is 0 Å². The summed E-state index contributed by atoms with van der Waals surface area (Å²) in [5.41, 5.74) is -1.56. The molecule has 190 valence electrons. The van der Waals surface area contributed by atoms with Crippen molar-refractivity contribution in [1.29, 1.82) is 0 Å². The van der Waals surface area contributed by atoms with Crippen LogP contribution in [-0.2, 0) is 25.6 Å². The number of aromatic nitrogens is 2. The number of benzene rings is 1. The number of esters is 1. The summed E-state index contributed by atoms with van der Waals surface area (Å²) in [7, 11) is 0. The highest BCUT2D eigenvalue weighted by Crippen LogP contribution is 2.28. The summed E-state index contributed by atoms with van der Waals surface area (Å²) < 4.78 is 29.8. The minimum atomic E-state index is -1.69. The number of hydrogen-bond donors (Lipinski definition) is 4. The summed E-state index contributed by atoms with van der Waals surface area (Å²) >= 11 is 0. The van der Waals surface area contributed by atoms with Gasteiger partial charge in [-0.25, -0.2) is 14.4 Å². The molecule has 1 amide bonds. The van der Waals surface area contributed by atoms with E-state index in [0.29, 0.717) is 10.8 Å². The molecular weight excluding hydrogens is 469 g/mol. The first kappa shape index (κ1) is 26.1. The van der Waals surface area contributed by atoms with Crippen molar-refractivity contribution >= 4 is 12.1 Å². The number of aromatic amines is 1. The van der Waals surface area contributed by atoms with Gasteiger partial charge in [0.2, 0.25) is 5.82 Å². The molecule has 2 heterocycles. The number of carbonyl (C=O) groups is 2. The number of amides is 1. The predicted molar refractivity (Wildman–Crippen MR) is 117 cm³/mol. The molecule has 0 unspecified atom stereocenters. The Morgan fingerprint density at radius 1 is 1.17 bits per heavy atom. The van der Waals surface area contributed by atoms with Gasteiger partial charge in [0.15, 0.2) is 6.23 Å². The Labute approximate surface area is 198 Å². The van der Waals surface area contributed by atoms with Crippen molar-refractivity contribution in [2.24, 2.45) is 5.92 Å². The first-order valence-electron chi connectivity index (χ1n) is 10.7. The molecule has 13 heteroatoms. The molecule has 1 aromatic heterocycles. The van der Waals surface area contributed by atoms with Crippen molar-refractivity contribution in [1.82, 2.24) is 14.9 Å². The van der Waals surface area contributed by atoms with Gasteiger partial charge < -0.3 is 29.7 Å². The third kappa shape index (κ3) is 6.32. The van der Waals surface area contributed by atoms with Crippen molar-refractivity contribution in [2.75, 3.05) is 6.61 Å². The second-order valence-electron chi connectivity index (χ2n) is 8.25. The predicted octanol–water partition coefficient (Wildman–Crippen LogP) is -0.211. The molecule has 35 heavy (non-hydrogen) atoms. The maximum absolute atomic E-state index is 13.6. The van der Waals surface area contributed by atoms with Gasteiger partial charge in [0.25, 0.3) is 5.56 Å². The maximum atomic E-state index is 13.6. The lowest BCUT2D eigenvalue weighted by Gasteiger charge is -2.22. The quantitative estimate of drug-likeness (QED) is 0.362. The summed E-state index contributed by atoms with van der Waals surface area (Å²) in [5.74, 6) is -2.53. The number of nitrogens with zero attached hydrogens (tertiary/aromatic N) is 1. The Hall–Kier alpha value is -3.55. The number of nitrogens with one attached hydrogen (secondary N) is 2. The van der Waals surface area contributed by atoms with Crippen LogP contribution in [0.1, 0.15) is 25.6 Å². The highest BCUT2D eigenvalue weighted by atomic mass is 19.1. The van der Waals surface area contributed by atoms with Gasteiger partial charge in [0, 0.05) is 0 Å². The van der Waals surface area contributed by atoms with Gasteiger partial charge in [-0.15, -0.1) is 0 Å². The van der Waals surface area contributed by atoms with Gasteiger partial charge in [-0.05, 0) is 11.5 Å². The third-order valence-corrected chi connectivity index (χ3v) is 5.33. The highest BCUT2D eigenvalue weighted by molar-refractivity contribution is 5.81. The zero-order chi connectivity index (χ0) is 25.7. The number of ether oxygens (including phenoxy) is 3. The second-order valence-corrected chi connectivity index (χ2v) is 8.25. The Morgan fingerprint density at radius 3 is 2.51 bits per heavy atom. The van der Waals surface area contributed by atoms with E-state index in [9.17, 15) is 33.8 Å². The number of H-pyrrole nitrogens is 1. The molecule has 12 nitrogen and oxygen atoms in total. The molecule has 1 aromatic carbocycles. The van der Waals surface area contributed by atoms with Crippen LogP contribution in [-0.4, -0.2) is 62.8 Å². The van der Waals surface area contributed by atoms with Crippen molar-refractivity contribution in [3.05, 3.63) is 68.7 Å². The summed E-state index contributed by atoms with van der Waals surface area (Å²) in [4.78, 5) is 49.6. The molecule has 1 fully saturated rings. The Kier molecular flexibility index (Phi) is 8.38. The SMILES string of the molecule is CC(C)[C@H](NC(=O)OCc1ccccc1)C(=O)OC[C@H]1O[C@@H](n2cc(F)c(=O)[nH]c2=O)[C@H](O)[C@@H]1O. The van der Waals surface area contributed by atoms with Crippen LogP contribution in [0.3, 0.4) is 0 Å². The fourth-order valence-corrected chi connectivity index (χ4v) is 3.39. The van der Waals surface area contributed by atoms with Crippen molar-refractivity contribution in [3.63, 3.8) is 0 Å². The van der Waals surface area contributed by atoms with E-state index < -0.39 is 66.3 Å². The number of aliphatic hydroxyl groups excluding tert-OH is 2. The average Bonchev–Trinajstić information content (AvgIpc) is 3.11. The molecule has 0 aliphatic carbocycles. The van der Waals surface area contributed by atoms with Gasteiger partial charge >= 0.3 is 17.8 Å². The van der Waals surface area contributed by atoms with E-state index in [0.717, 1.165) is 5.56 Å². The van der Waals surface area contributed by atoms with Gasteiger partial charge in [-0.1, -0.05) is 44.2 Å². The lowest BCUT2D eigenvalue weighted by molar-refractivity contribution is -0.153. The largest absolute Gasteiger partial charge is 0.461 e. The Morgan fingerprint density at radius 2 is 1.86 bits per heavy atom. The Balaban J connectivity index is 1.58.